The maximum Gasteiger partial charge on any atom is 0.413 e. The Bertz CT molecular complexity index is 1320. The van der Waals surface area contributed by atoms with Crippen LogP contribution in [0.15, 0.2) is 35.1 Å². The molecule has 0 aliphatic carbocycles. The molecule has 0 aliphatic rings. The number of carbonyl (C=O) groups excluding carboxylic acids is 2. The summed E-state index contributed by atoms with van der Waals surface area (Å²) in [5.41, 5.74) is 1.76. The summed E-state index contributed by atoms with van der Waals surface area (Å²) in [4.78, 5) is 36.0. The summed E-state index contributed by atoms with van der Waals surface area (Å²) in [6, 6.07) is 5.28. The largest absolute Gasteiger partial charge is 0.482 e. The molecule has 1 N–H and O–H groups in total. The van der Waals surface area contributed by atoms with Crippen LogP contribution in [0.1, 0.15) is 61.1 Å². The first kappa shape index (κ1) is 28.9. The van der Waals surface area contributed by atoms with Crippen LogP contribution in [-0.4, -0.2) is 56.4 Å². The zero-order valence-electron chi connectivity index (χ0n) is 22.8. The van der Waals surface area contributed by atoms with E-state index in [-0.39, 0.29) is 24.0 Å². The van der Waals surface area contributed by atoms with Crippen LogP contribution in [0.25, 0.3) is 0 Å². The second-order valence-electron chi connectivity index (χ2n) is 9.74. The van der Waals surface area contributed by atoms with E-state index in [1.165, 1.54) is 7.11 Å². The molecule has 3 heterocycles. The fraction of sp³-hybridized carbons (Fsp3) is 0.423. The quantitative estimate of drug-likeness (QED) is 0.388. The summed E-state index contributed by atoms with van der Waals surface area (Å²) in [5.74, 6) is 0.689. The van der Waals surface area contributed by atoms with Gasteiger partial charge in [-0.05, 0) is 68.2 Å². The molecule has 0 radical (unpaired) electrons. The van der Waals surface area contributed by atoms with E-state index >= 15 is 0 Å². The second-order valence-corrected chi connectivity index (χ2v) is 10.5. The molecular weight excluding hydrogens is 556 g/mol. The Kier molecular flexibility index (Phi) is 8.97. The summed E-state index contributed by atoms with van der Waals surface area (Å²) >= 11 is 3.49. The van der Waals surface area contributed by atoms with E-state index in [4.69, 9.17) is 14.2 Å². The zero-order valence-corrected chi connectivity index (χ0v) is 24.4. The molecule has 0 fully saturated rings. The van der Waals surface area contributed by atoms with Crippen molar-refractivity contribution in [3.8, 4) is 11.6 Å². The Hall–Kier alpha value is -3.67. The molecule has 0 spiro atoms. The van der Waals surface area contributed by atoms with Crippen LogP contribution in [0.4, 0.5) is 10.6 Å². The Labute approximate surface area is 230 Å². The summed E-state index contributed by atoms with van der Waals surface area (Å²) in [6.07, 6.45) is 1.93. The highest BCUT2D eigenvalue weighted by molar-refractivity contribution is 9.10. The molecule has 3 aromatic heterocycles. The van der Waals surface area contributed by atoms with E-state index in [1.807, 2.05) is 6.92 Å². The van der Waals surface area contributed by atoms with E-state index in [0.717, 1.165) is 11.3 Å². The molecule has 204 valence electrons. The first-order valence-electron chi connectivity index (χ1n) is 11.9. The van der Waals surface area contributed by atoms with E-state index in [9.17, 15) is 9.59 Å². The highest BCUT2D eigenvalue weighted by Crippen LogP contribution is 2.31. The zero-order chi connectivity index (χ0) is 28.2. The lowest BCUT2D eigenvalue weighted by atomic mass is 10.1. The first-order valence-corrected chi connectivity index (χ1v) is 12.7. The number of carbonyl (C=O) groups is 2. The summed E-state index contributed by atoms with van der Waals surface area (Å²) in [6.45, 7) is 9.25. The van der Waals surface area contributed by atoms with Crippen molar-refractivity contribution in [2.24, 2.45) is 7.05 Å². The highest BCUT2D eigenvalue weighted by atomic mass is 79.9. The average Bonchev–Trinajstić information content (AvgIpc) is 3.11. The predicted octanol–water partition coefficient (Wildman–Crippen LogP) is 5.05. The van der Waals surface area contributed by atoms with Crippen LogP contribution in [0.3, 0.4) is 0 Å². The lowest BCUT2D eigenvalue weighted by molar-refractivity contribution is 0.0633. The molecule has 2 amide bonds. The number of methoxy groups -OCH3 is 1. The van der Waals surface area contributed by atoms with E-state index in [1.54, 1.807) is 82.0 Å². The monoisotopic (exact) mass is 588 g/mol. The van der Waals surface area contributed by atoms with Crippen molar-refractivity contribution >= 4 is 33.7 Å². The number of pyridine rings is 2. The van der Waals surface area contributed by atoms with Crippen LogP contribution >= 0.6 is 15.9 Å². The molecule has 38 heavy (non-hydrogen) atoms. The van der Waals surface area contributed by atoms with Crippen molar-refractivity contribution in [2.75, 3.05) is 19.5 Å². The van der Waals surface area contributed by atoms with Gasteiger partial charge in [-0.1, -0.05) is 6.07 Å². The van der Waals surface area contributed by atoms with Crippen molar-refractivity contribution in [3.05, 3.63) is 57.6 Å². The lowest BCUT2D eigenvalue weighted by Gasteiger charge is -2.23. The number of aryl methyl sites for hydroxylation is 2. The maximum absolute atomic E-state index is 13.5. The van der Waals surface area contributed by atoms with Gasteiger partial charge < -0.3 is 19.1 Å². The van der Waals surface area contributed by atoms with Gasteiger partial charge in [0.2, 0.25) is 5.88 Å². The molecule has 3 rings (SSSR count). The maximum atomic E-state index is 13.5. The van der Waals surface area contributed by atoms with Gasteiger partial charge >= 0.3 is 6.09 Å². The second kappa shape index (κ2) is 11.8. The van der Waals surface area contributed by atoms with Crippen LogP contribution in [0.2, 0.25) is 0 Å². The molecule has 0 bridgehead atoms. The number of amides is 2. The first-order chi connectivity index (χ1) is 17.8. The van der Waals surface area contributed by atoms with Gasteiger partial charge in [-0.3, -0.25) is 19.8 Å². The summed E-state index contributed by atoms with van der Waals surface area (Å²) in [7, 11) is 5.00. The van der Waals surface area contributed by atoms with Crippen LogP contribution < -0.4 is 14.8 Å². The fourth-order valence-electron chi connectivity index (χ4n) is 3.59. The fourth-order valence-corrected chi connectivity index (χ4v) is 4.21. The minimum Gasteiger partial charge on any atom is -0.482 e. The minimum absolute atomic E-state index is 0.209. The molecule has 3 aromatic rings. The van der Waals surface area contributed by atoms with Gasteiger partial charge in [0.1, 0.15) is 21.9 Å². The molecule has 1 atom stereocenters. The number of aromatic nitrogens is 4. The molecule has 12 heteroatoms. The van der Waals surface area contributed by atoms with Gasteiger partial charge in [0.25, 0.3) is 5.91 Å². The standard InChI is InChI=1S/C26H33BrN6O5/c1-15-12-19(22(29-13-15)30-25(35)38-26(3,4)5)37-16(2)17-10-9-11-28-21(17)24(34)32(6)14-18-20(27)23(36-8)31-33(18)7/h9-13,16H,14H2,1-8H3,(H,29,30,35). The average molecular weight is 589 g/mol. The number of rotatable bonds is 8. The van der Waals surface area contributed by atoms with E-state index in [0.29, 0.717) is 21.7 Å². The lowest BCUT2D eigenvalue weighted by Crippen LogP contribution is -2.30. The number of halogens is 1. The van der Waals surface area contributed by atoms with E-state index < -0.39 is 17.8 Å². The van der Waals surface area contributed by atoms with Gasteiger partial charge in [0, 0.05) is 32.1 Å². The normalized spacial score (nSPS) is 12.0. The van der Waals surface area contributed by atoms with Crippen molar-refractivity contribution in [3.63, 3.8) is 0 Å². The molecule has 0 aliphatic heterocycles. The van der Waals surface area contributed by atoms with Crippen molar-refractivity contribution in [1.82, 2.24) is 24.6 Å². The molecule has 0 saturated carbocycles. The van der Waals surface area contributed by atoms with Crippen molar-refractivity contribution in [2.45, 2.75) is 52.9 Å². The molecule has 0 saturated heterocycles. The topological polar surface area (TPSA) is 121 Å². The third-order valence-corrected chi connectivity index (χ3v) is 6.19. The molecule has 0 aromatic carbocycles. The van der Waals surface area contributed by atoms with Gasteiger partial charge in [-0.2, -0.15) is 0 Å². The van der Waals surface area contributed by atoms with Crippen molar-refractivity contribution in [1.29, 1.82) is 0 Å². The molecule has 1 unspecified atom stereocenters. The summed E-state index contributed by atoms with van der Waals surface area (Å²) < 4.78 is 19.1. The third-order valence-electron chi connectivity index (χ3n) is 5.39. The van der Waals surface area contributed by atoms with Crippen molar-refractivity contribution < 1.29 is 23.8 Å². The van der Waals surface area contributed by atoms with Crippen LogP contribution in [0, 0.1) is 6.92 Å². The van der Waals surface area contributed by atoms with Crippen LogP contribution in [-0.2, 0) is 18.3 Å². The van der Waals surface area contributed by atoms with Gasteiger partial charge in [-0.15, -0.1) is 5.10 Å². The van der Waals surface area contributed by atoms with Gasteiger partial charge in [0.05, 0.1) is 19.3 Å². The van der Waals surface area contributed by atoms with Gasteiger partial charge in [-0.25, -0.2) is 9.78 Å². The van der Waals surface area contributed by atoms with Crippen LogP contribution in [0.5, 0.6) is 11.6 Å². The SMILES string of the molecule is COc1nn(C)c(CN(C)C(=O)c2ncccc2C(C)Oc2cc(C)cnc2NC(=O)OC(C)(C)C)c1Br. The third kappa shape index (κ3) is 7.00. The smallest absolute Gasteiger partial charge is 0.413 e. The molecular formula is C26H33BrN6O5. The Balaban J connectivity index is 1.83. The number of nitrogens with one attached hydrogen (secondary N) is 1. The Morgan fingerprint density at radius 2 is 1.97 bits per heavy atom. The molecule has 11 nitrogen and oxygen atoms in total. The Morgan fingerprint density at radius 3 is 2.61 bits per heavy atom. The predicted molar refractivity (Wildman–Crippen MR) is 145 cm³/mol. The number of nitrogens with zero attached hydrogens (tertiary/aromatic N) is 5. The summed E-state index contributed by atoms with van der Waals surface area (Å²) in [5, 5.41) is 6.93. The number of hydrogen-bond acceptors (Lipinski definition) is 8. The number of anilines is 1. The Morgan fingerprint density at radius 1 is 1.26 bits per heavy atom. The minimum atomic E-state index is -0.670. The van der Waals surface area contributed by atoms with Gasteiger partial charge in [0.15, 0.2) is 11.6 Å². The van der Waals surface area contributed by atoms with E-state index in [2.05, 4.69) is 36.3 Å². The number of ether oxygens (including phenoxy) is 3. The highest BCUT2D eigenvalue weighted by Gasteiger charge is 2.25. The number of hydrogen-bond donors (Lipinski definition) is 1.